The maximum absolute atomic E-state index is 13.5. The largest absolute Gasteiger partial charge is 0.351 e. The smallest absolute Gasteiger partial charge is 0.247 e. The van der Waals surface area contributed by atoms with E-state index in [1.807, 2.05) is 12.1 Å². The van der Waals surface area contributed by atoms with Crippen molar-refractivity contribution < 1.29 is 9.59 Å². The molecule has 2 fully saturated rings. The van der Waals surface area contributed by atoms with Crippen LogP contribution in [0.5, 0.6) is 0 Å². The average Bonchev–Trinajstić information content (AvgIpc) is 3.01. The van der Waals surface area contributed by atoms with Crippen LogP contribution in [-0.2, 0) is 9.59 Å². The molecule has 0 spiro atoms. The zero-order valence-corrected chi connectivity index (χ0v) is 18.6. The normalized spacial score (nSPS) is 19.9. The number of rotatable bonds is 6. The second kappa shape index (κ2) is 11.2. The van der Waals surface area contributed by atoms with Gasteiger partial charge in [-0.3, -0.25) is 9.59 Å². The van der Waals surface area contributed by atoms with Crippen LogP contribution < -0.4 is 5.32 Å². The fourth-order valence-electron chi connectivity index (χ4n) is 4.77. The highest BCUT2D eigenvalue weighted by Crippen LogP contribution is 2.32. The predicted molar refractivity (Wildman–Crippen MR) is 118 cm³/mol. The minimum Gasteiger partial charge on any atom is -0.351 e. The van der Waals surface area contributed by atoms with E-state index in [9.17, 15) is 9.59 Å². The summed E-state index contributed by atoms with van der Waals surface area (Å²) in [6, 6.07) is 6.85. The van der Waals surface area contributed by atoms with Crippen molar-refractivity contribution in [3.8, 4) is 0 Å². The summed E-state index contributed by atoms with van der Waals surface area (Å²) in [4.78, 5) is 28.2. The molecule has 2 amide bonds. The van der Waals surface area contributed by atoms with E-state index in [4.69, 9.17) is 23.2 Å². The van der Waals surface area contributed by atoms with Gasteiger partial charge in [-0.15, -0.1) is 11.6 Å². The van der Waals surface area contributed by atoms with E-state index >= 15 is 0 Å². The fourth-order valence-corrected chi connectivity index (χ4v) is 5.04. The number of alkyl halides is 1. The number of carbonyl (C=O) groups excluding carboxylic acids is 2. The third kappa shape index (κ3) is 6.11. The molecule has 0 aromatic heterocycles. The van der Waals surface area contributed by atoms with Gasteiger partial charge in [0, 0.05) is 17.1 Å². The molecule has 0 aliphatic heterocycles. The van der Waals surface area contributed by atoms with E-state index in [0.717, 1.165) is 56.9 Å². The van der Waals surface area contributed by atoms with E-state index < -0.39 is 6.04 Å². The Kier molecular flexibility index (Phi) is 8.68. The molecule has 1 aromatic rings. The molecule has 0 saturated heterocycles. The Hall–Kier alpha value is -1.26. The minimum atomic E-state index is -0.662. The summed E-state index contributed by atoms with van der Waals surface area (Å²) in [5.74, 6) is -0.380. The molecule has 1 N–H and O–H groups in total. The Morgan fingerprint density at radius 1 is 0.931 bits per heavy atom. The molecule has 4 nitrogen and oxygen atoms in total. The topological polar surface area (TPSA) is 49.4 Å². The number of amides is 2. The number of benzene rings is 1. The van der Waals surface area contributed by atoms with E-state index in [1.54, 1.807) is 17.0 Å². The van der Waals surface area contributed by atoms with Crippen molar-refractivity contribution in [2.75, 3.05) is 5.88 Å². The van der Waals surface area contributed by atoms with E-state index in [2.05, 4.69) is 5.32 Å². The highest BCUT2D eigenvalue weighted by molar-refractivity contribution is 6.30. The Morgan fingerprint density at radius 2 is 1.48 bits per heavy atom. The van der Waals surface area contributed by atoms with Gasteiger partial charge in [-0.1, -0.05) is 68.7 Å². The van der Waals surface area contributed by atoms with Crippen molar-refractivity contribution >= 4 is 35.0 Å². The molecule has 1 aromatic carbocycles. The molecule has 1 atom stereocenters. The lowest BCUT2D eigenvalue weighted by atomic mass is 9.91. The van der Waals surface area contributed by atoms with Gasteiger partial charge >= 0.3 is 0 Å². The highest BCUT2D eigenvalue weighted by Gasteiger charge is 2.37. The van der Waals surface area contributed by atoms with Gasteiger partial charge in [0.05, 0.1) is 0 Å². The van der Waals surface area contributed by atoms with Crippen molar-refractivity contribution in [1.82, 2.24) is 10.2 Å². The number of carbonyl (C=O) groups is 2. The second-order valence-corrected chi connectivity index (χ2v) is 9.08. The molecule has 6 heteroatoms. The first-order valence-corrected chi connectivity index (χ1v) is 11.9. The Balaban J connectivity index is 1.90. The molecule has 0 bridgehead atoms. The summed E-state index contributed by atoms with van der Waals surface area (Å²) in [6.45, 7) is 0. The second-order valence-electron chi connectivity index (χ2n) is 8.38. The predicted octanol–water partition coefficient (Wildman–Crippen LogP) is 5.62. The summed E-state index contributed by atoms with van der Waals surface area (Å²) in [5, 5.41) is 3.88. The third-order valence-electron chi connectivity index (χ3n) is 6.28. The maximum Gasteiger partial charge on any atom is 0.247 e. The number of nitrogens with one attached hydrogen (secondary N) is 1. The van der Waals surface area contributed by atoms with Crippen LogP contribution in [0.4, 0.5) is 0 Å². The average molecular weight is 439 g/mol. The summed E-state index contributed by atoms with van der Waals surface area (Å²) in [5.41, 5.74) is 0.796. The molecule has 160 valence electrons. The summed E-state index contributed by atoms with van der Waals surface area (Å²) < 4.78 is 0. The maximum atomic E-state index is 13.5. The first-order chi connectivity index (χ1) is 14.1. The standard InChI is InChI=1S/C23H32Cl2N2O2/c24-16-21(28)27(20-10-6-3-7-11-20)22(17-12-14-18(25)15-13-17)23(29)26-19-8-4-1-2-5-9-19/h12-15,19-20,22H,1-11,16H2,(H,26,29). The lowest BCUT2D eigenvalue weighted by Crippen LogP contribution is -2.51. The summed E-state index contributed by atoms with van der Waals surface area (Å²) >= 11 is 12.1. The van der Waals surface area contributed by atoms with Crippen LogP contribution in [0.15, 0.2) is 24.3 Å². The van der Waals surface area contributed by atoms with Crippen molar-refractivity contribution in [1.29, 1.82) is 0 Å². The van der Waals surface area contributed by atoms with Crippen molar-refractivity contribution in [3.63, 3.8) is 0 Å². The molecule has 29 heavy (non-hydrogen) atoms. The molecule has 3 rings (SSSR count). The van der Waals surface area contributed by atoms with Crippen molar-refractivity contribution in [3.05, 3.63) is 34.9 Å². The van der Waals surface area contributed by atoms with Crippen LogP contribution in [0, 0.1) is 0 Å². The van der Waals surface area contributed by atoms with Crippen LogP contribution in [0.1, 0.15) is 82.2 Å². The first kappa shape index (κ1) is 22.4. The number of hydrogen-bond donors (Lipinski definition) is 1. The number of nitrogens with zero attached hydrogens (tertiary/aromatic N) is 1. The SMILES string of the molecule is O=C(NC1CCCCCC1)C(c1ccc(Cl)cc1)N(C(=O)CCl)C1CCCCC1. The molecule has 2 saturated carbocycles. The van der Waals surface area contributed by atoms with Crippen LogP contribution >= 0.6 is 23.2 Å². The van der Waals surface area contributed by atoms with E-state index in [0.29, 0.717) is 5.02 Å². The van der Waals surface area contributed by atoms with Gasteiger partial charge in [0.2, 0.25) is 11.8 Å². The van der Waals surface area contributed by atoms with Gasteiger partial charge < -0.3 is 10.2 Å². The van der Waals surface area contributed by atoms with Crippen LogP contribution in [0.3, 0.4) is 0 Å². The van der Waals surface area contributed by atoms with Gasteiger partial charge in [0.1, 0.15) is 11.9 Å². The monoisotopic (exact) mass is 438 g/mol. The highest BCUT2D eigenvalue weighted by atomic mass is 35.5. The molecule has 0 heterocycles. The molecular formula is C23H32Cl2N2O2. The van der Waals surface area contributed by atoms with E-state index in [1.165, 1.54) is 19.3 Å². The lowest BCUT2D eigenvalue weighted by molar-refractivity contribution is -0.143. The lowest BCUT2D eigenvalue weighted by Gasteiger charge is -2.39. The van der Waals surface area contributed by atoms with Crippen LogP contribution in [0.2, 0.25) is 5.02 Å². The zero-order chi connectivity index (χ0) is 20.6. The molecule has 0 radical (unpaired) electrons. The van der Waals surface area contributed by atoms with Gasteiger partial charge in [0.25, 0.3) is 0 Å². The van der Waals surface area contributed by atoms with Crippen LogP contribution in [0.25, 0.3) is 0 Å². The first-order valence-electron chi connectivity index (χ1n) is 11.0. The fraction of sp³-hybridized carbons (Fsp3) is 0.652. The van der Waals surface area contributed by atoms with E-state index in [-0.39, 0.29) is 29.8 Å². The van der Waals surface area contributed by atoms with Gasteiger partial charge in [0.15, 0.2) is 0 Å². The van der Waals surface area contributed by atoms with Crippen molar-refractivity contribution in [2.24, 2.45) is 0 Å². The molecule has 2 aliphatic rings. The number of halogens is 2. The zero-order valence-electron chi connectivity index (χ0n) is 17.0. The Bertz CT molecular complexity index is 666. The summed E-state index contributed by atoms with van der Waals surface area (Å²) in [7, 11) is 0. The van der Waals surface area contributed by atoms with Crippen LogP contribution in [-0.4, -0.2) is 34.7 Å². The minimum absolute atomic E-state index is 0.0514. The molecule has 2 aliphatic carbocycles. The Morgan fingerprint density at radius 3 is 2.07 bits per heavy atom. The summed E-state index contributed by atoms with van der Waals surface area (Å²) in [6.07, 6.45) is 11.9. The number of hydrogen-bond acceptors (Lipinski definition) is 2. The molecule has 1 unspecified atom stereocenters. The molecular weight excluding hydrogens is 407 g/mol. The van der Waals surface area contributed by atoms with Crippen molar-refractivity contribution in [2.45, 2.75) is 88.8 Å². The van der Waals surface area contributed by atoms with Gasteiger partial charge in [-0.25, -0.2) is 0 Å². The van der Waals surface area contributed by atoms with Gasteiger partial charge in [-0.05, 0) is 43.4 Å². The third-order valence-corrected chi connectivity index (χ3v) is 6.76. The Labute approximate surface area is 184 Å². The van der Waals surface area contributed by atoms with Gasteiger partial charge in [-0.2, -0.15) is 0 Å². The quantitative estimate of drug-likeness (QED) is 0.462.